The van der Waals surface area contributed by atoms with E-state index in [1.807, 2.05) is 0 Å². The second-order valence-electron chi connectivity index (χ2n) is 5.25. The van der Waals surface area contributed by atoms with Gasteiger partial charge in [0.2, 0.25) is 0 Å². The molecule has 5 nitrogen and oxygen atoms in total. The molecule has 8 heteroatoms. The molecule has 3 aromatic rings. The molecule has 0 saturated heterocycles. The van der Waals surface area contributed by atoms with Gasteiger partial charge in [-0.15, -0.1) is 0 Å². The largest absolute Gasteiger partial charge is 0.312 e. The molecule has 24 heavy (non-hydrogen) atoms. The third kappa shape index (κ3) is 2.90. The van der Waals surface area contributed by atoms with Crippen molar-refractivity contribution >= 4 is 21.2 Å². The van der Waals surface area contributed by atoms with Crippen LogP contribution in [0.25, 0.3) is 16.9 Å². The molecule has 0 N–H and O–H groups in total. The van der Waals surface area contributed by atoms with Crippen LogP contribution in [0.4, 0.5) is 4.39 Å². The summed E-state index contributed by atoms with van der Waals surface area (Å²) in [7, 11) is -3.65. The Morgan fingerprint density at radius 1 is 1.25 bits per heavy atom. The molecule has 0 atom stereocenters. The fraction of sp³-hybridized carbons (Fsp3) is 0.125. The van der Waals surface area contributed by atoms with Crippen molar-refractivity contribution < 1.29 is 12.8 Å². The molecule has 0 radical (unpaired) electrons. The van der Waals surface area contributed by atoms with E-state index in [1.54, 1.807) is 30.6 Å². The van der Waals surface area contributed by atoms with Gasteiger partial charge in [0.05, 0.1) is 17.1 Å². The van der Waals surface area contributed by atoms with Crippen LogP contribution in [-0.2, 0) is 9.84 Å². The summed E-state index contributed by atoms with van der Waals surface area (Å²) in [4.78, 5) is 15.8. The van der Waals surface area contributed by atoms with Crippen molar-refractivity contribution in [1.82, 2.24) is 9.55 Å². The molecule has 0 aliphatic rings. The highest BCUT2D eigenvalue weighted by Gasteiger charge is 2.18. The first-order valence-electron chi connectivity index (χ1n) is 6.91. The van der Waals surface area contributed by atoms with E-state index in [0.29, 0.717) is 22.6 Å². The van der Waals surface area contributed by atoms with Gasteiger partial charge in [-0.25, -0.2) is 12.8 Å². The first kappa shape index (κ1) is 16.5. The van der Waals surface area contributed by atoms with Gasteiger partial charge in [0.15, 0.2) is 9.84 Å². The standard InChI is InChI=1S/C16H13FN2O3S2/c1-10-13(4-3-7-18-10)19-14(9-23-16(19)20)11-5-6-15(12(17)8-11)24(2,21)22/h3-9H,1-2H3. The number of aryl methyl sites for hydroxylation is 1. The van der Waals surface area contributed by atoms with Crippen molar-refractivity contribution in [3.8, 4) is 16.9 Å². The quantitative estimate of drug-likeness (QED) is 0.717. The number of thiazole rings is 1. The number of halogens is 1. The summed E-state index contributed by atoms with van der Waals surface area (Å²) < 4.78 is 38.7. The highest BCUT2D eigenvalue weighted by atomic mass is 32.2. The molecular formula is C16H13FN2O3S2. The molecule has 0 fully saturated rings. The monoisotopic (exact) mass is 364 g/mol. The van der Waals surface area contributed by atoms with Gasteiger partial charge in [0.1, 0.15) is 10.7 Å². The SMILES string of the molecule is Cc1ncccc1-n1c(-c2ccc(S(C)(=O)=O)c(F)c2)csc1=O. The van der Waals surface area contributed by atoms with Gasteiger partial charge in [-0.3, -0.25) is 14.3 Å². The van der Waals surface area contributed by atoms with Gasteiger partial charge in [-0.1, -0.05) is 17.4 Å². The van der Waals surface area contributed by atoms with Crippen LogP contribution in [-0.4, -0.2) is 24.2 Å². The lowest BCUT2D eigenvalue weighted by molar-refractivity contribution is 0.571. The number of pyridine rings is 1. The highest BCUT2D eigenvalue weighted by Crippen LogP contribution is 2.27. The van der Waals surface area contributed by atoms with Crippen LogP contribution in [0, 0.1) is 12.7 Å². The lowest BCUT2D eigenvalue weighted by Gasteiger charge is -2.10. The zero-order valence-electron chi connectivity index (χ0n) is 12.9. The lowest BCUT2D eigenvalue weighted by atomic mass is 10.1. The van der Waals surface area contributed by atoms with Gasteiger partial charge in [0.25, 0.3) is 0 Å². The first-order valence-corrected chi connectivity index (χ1v) is 9.68. The summed E-state index contributed by atoms with van der Waals surface area (Å²) in [5, 5.41) is 1.61. The molecule has 2 aromatic heterocycles. The molecule has 0 saturated carbocycles. The fourth-order valence-electron chi connectivity index (χ4n) is 2.41. The van der Waals surface area contributed by atoms with Gasteiger partial charge < -0.3 is 0 Å². The Bertz CT molecular complexity index is 1080. The minimum Gasteiger partial charge on any atom is -0.265 e. The molecule has 0 spiro atoms. The molecule has 0 bridgehead atoms. The molecule has 0 unspecified atom stereocenters. The Labute approximate surface area is 142 Å². The van der Waals surface area contributed by atoms with Crippen LogP contribution in [0.3, 0.4) is 0 Å². The molecule has 3 rings (SSSR count). The average molecular weight is 364 g/mol. The average Bonchev–Trinajstić information content (AvgIpc) is 2.88. The maximum atomic E-state index is 14.2. The molecular weight excluding hydrogens is 351 g/mol. The minimum atomic E-state index is -3.65. The minimum absolute atomic E-state index is 0.228. The van der Waals surface area contributed by atoms with E-state index in [4.69, 9.17) is 0 Å². The number of benzene rings is 1. The van der Waals surface area contributed by atoms with Crippen molar-refractivity contribution in [2.24, 2.45) is 0 Å². The summed E-state index contributed by atoms with van der Waals surface area (Å²) >= 11 is 0.984. The van der Waals surface area contributed by atoms with Gasteiger partial charge >= 0.3 is 4.87 Å². The summed E-state index contributed by atoms with van der Waals surface area (Å²) in [5.74, 6) is -0.844. The second kappa shape index (κ2) is 5.95. The van der Waals surface area contributed by atoms with Crippen LogP contribution in [0.15, 0.2) is 51.6 Å². The van der Waals surface area contributed by atoms with Crippen LogP contribution in [0.2, 0.25) is 0 Å². The first-order chi connectivity index (χ1) is 11.3. The molecule has 0 aliphatic heterocycles. The maximum absolute atomic E-state index is 14.2. The van der Waals surface area contributed by atoms with E-state index >= 15 is 0 Å². The predicted molar refractivity (Wildman–Crippen MR) is 91.0 cm³/mol. The van der Waals surface area contributed by atoms with Crippen molar-refractivity contribution in [3.05, 3.63) is 63.1 Å². The summed E-state index contributed by atoms with van der Waals surface area (Å²) in [6, 6.07) is 7.29. The normalized spacial score (nSPS) is 11.6. The fourth-order valence-corrected chi connectivity index (χ4v) is 3.89. The molecule has 2 heterocycles. The van der Waals surface area contributed by atoms with E-state index in [2.05, 4.69) is 4.98 Å². The van der Waals surface area contributed by atoms with Gasteiger partial charge in [-0.05, 0) is 31.2 Å². The summed E-state index contributed by atoms with van der Waals surface area (Å²) in [6.45, 7) is 1.77. The molecule has 0 amide bonds. The Balaban J connectivity index is 2.22. The van der Waals surface area contributed by atoms with Gasteiger partial charge in [0, 0.05) is 23.4 Å². The lowest BCUT2D eigenvalue weighted by Crippen LogP contribution is -2.13. The smallest absolute Gasteiger partial charge is 0.265 e. The zero-order valence-corrected chi connectivity index (χ0v) is 14.5. The highest BCUT2D eigenvalue weighted by molar-refractivity contribution is 7.90. The maximum Gasteiger partial charge on any atom is 0.312 e. The van der Waals surface area contributed by atoms with E-state index in [9.17, 15) is 17.6 Å². The number of aromatic nitrogens is 2. The Morgan fingerprint density at radius 2 is 2.00 bits per heavy atom. The molecule has 1 aromatic carbocycles. The Morgan fingerprint density at radius 3 is 2.62 bits per heavy atom. The predicted octanol–water partition coefficient (Wildman–Crippen LogP) is 2.81. The van der Waals surface area contributed by atoms with Crippen LogP contribution in [0.5, 0.6) is 0 Å². The van der Waals surface area contributed by atoms with Crippen molar-refractivity contribution in [2.45, 2.75) is 11.8 Å². The van der Waals surface area contributed by atoms with E-state index in [0.717, 1.165) is 23.7 Å². The van der Waals surface area contributed by atoms with Crippen molar-refractivity contribution in [2.75, 3.05) is 6.26 Å². The number of rotatable bonds is 3. The third-order valence-corrected chi connectivity index (χ3v) is 5.40. The Kier molecular flexibility index (Phi) is 4.10. The van der Waals surface area contributed by atoms with Crippen molar-refractivity contribution in [1.29, 1.82) is 0 Å². The van der Waals surface area contributed by atoms with Crippen molar-refractivity contribution in [3.63, 3.8) is 0 Å². The van der Waals surface area contributed by atoms with Gasteiger partial charge in [-0.2, -0.15) is 0 Å². The number of hydrogen-bond acceptors (Lipinski definition) is 5. The van der Waals surface area contributed by atoms with Crippen LogP contribution >= 0.6 is 11.3 Å². The number of nitrogens with zero attached hydrogens (tertiary/aromatic N) is 2. The van der Waals surface area contributed by atoms with E-state index in [-0.39, 0.29) is 9.77 Å². The van der Waals surface area contributed by atoms with Crippen LogP contribution in [0.1, 0.15) is 5.69 Å². The van der Waals surface area contributed by atoms with E-state index in [1.165, 1.54) is 16.7 Å². The summed E-state index contributed by atoms with van der Waals surface area (Å²) in [5.41, 5.74) is 2.17. The third-order valence-electron chi connectivity index (χ3n) is 3.54. The van der Waals surface area contributed by atoms with Crippen LogP contribution < -0.4 is 4.87 Å². The zero-order chi connectivity index (χ0) is 17.5. The Hall–Kier alpha value is -2.32. The molecule has 0 aliphatic carbocycles. The summed E-state index contributed by atoms with van der Waals surface area (Å²) in [6.07, 6.45) is 2.57. The second-order valence-corrected chi connectivity index (χ2v) is 8.05. The van der Waals surface area contributed by atoms with E-state index < -0.39 is 15.7 Å². The number of hydrogen-bond donors (Lipinski definition) is 0. The topological polar surface area (TPSA) is 69.0 Å². The number of sulfone groups is 1. The molecule has 124 valence electrons.